The van der Waals surface area contributed by atoms with E-state index in [9.17, 15) is 4.79 Å². The van der Waals surface area contributed by atoms with Gasteiger partial charge in [0.05, 0.1) is 12.8 Å². The third kappa shape index (κ3) is 5.53. The summed E-state index contributed by atoms with van der Waals surface area (Å²) < 4.78 is 5.11. The summed E-state index contributed by atoms with van der Waals surface area (Å²) >= 11 is 5.82. The van der Waals surface area contributed by atoms with Gasteiger partial charge in [0.1, 0.15) is 17.4 Å². The molecule has 1 amide bonds. The summed E-state index contributed by atoms with van der Waals surface area (Å²) in [5.41, 5.74) is 1.14. The Bertz CT molecular complexity index is 700. The van der Waals surface area contributed by atoms with Crippen LogP contribution >= 0.6 is 11.6 Å². The SMILES string of the molecule is N#C/C(=C/NCCc1ccc(Cl)cc1)C(=O)NCc1ccco1. The van der Waals surface area contributed by atoms with Gasteiger partial charge in [-0.25, -0.2) is 0 Å². The molecule has 0 atom stereocenters. The molecule has 118 valence electrons. The smallest absolute Gasteiger partial charge is 0.263 e. The lowest BCUT2D eigenvalue weighted by Crippen LogP contribution is -2.25. The first kappa shape index (κ1) is 16.7. The van der Waals surface area contributed by atoms with E-state index in [2.05, 4.69) is 10.6 Å². The van der Waals surface area contributed by atoms with E-state index < -0.39 is 5.91 Å². The Morgan fingerprint density at radius 3 is 2.74 bits per heavy atom. The van der Waals surface area contributed by atoms with Gasteiger partial charge in [-0.15, -0.1) is 0 Å². The van der Waals surface area contributed by atoms with Crippen LogP contribution in [0.15, 0.2) is 58.9 Å². The maximum absolute atomic E-state index is 11.9. The Hall–Kier alpha value is -2.71. The van der Waals surface area contributed by atoms with Crippen LogP contribution in [-0.4, -0.2) is 12.5 Å². The second-order valence-corrected chi connectivity index (χ2v) is 5.20. The maximum Gasteiger partial charge on any atom is 0.263 e. The molecule has 2 rings (SSSR count). The number of benzene rings is 1. The van der Waals surface area contributed by atoms with Gasteiger partial charge >= 0.3 is 0 Å². The van der Waals surface area contributed by atoms with Crippen molar-refractivity contribution in [1.82, 2.24) is 10.6 Å². The molecule has 1 aromatic heterocycles. The van der Waals surface area contributed by atoms with Gasteiger partial charge in [0.2, 0.25) is 0 Å². The van der Waals surface area contributed by atoms with Gasteiger partial charge in [-0.3, -0.25) is 4.79 Å². The fourth-order valence-corrected chi connectivity index (χ4v) is 1.99. The Morgan fingerprint density at radius 2 is 2.09 bits per heavy atom. The molecule has 5 nitrogen and oxygen atoms in total. The fraction of sp³-hybridized carbons (Fsp3) is 0.176. The van der Waals surface area contributed by atoms with Gasteiger partial charge < -0.3 is 15.1 Å². The molecule has 0 radical (unpaired) electrons. The average Bonchev–Trinajstić information content (AvgIpc) is 3.08. The summed E-state index contributed by atoms with van der Waals surface area (Å²) in [4.78, 5) is 11.9. The molecule has 0 aliphatic rings. The van der Waals surface area contributed by atoms with E-state index in [1.54, 1.807) is 12.1 Å². The van der Waals surface area contributed by atoms with Crippen LogP contribution < -0.4 is 10.6 Å². The summed E-state index contributed by atoms with van der Waals surface area (Å²) in [6.07, 6.45) is 3.72. The van der Waals surface area contributed by atoms with Crippen LogP contribution in [0.2, 0.25) is 5.02 Å². The third-order valence-electron chi connectivity index (χ3n) is 3.09. The van der Waals surface area contributed by atoms with Crippen molar-refractivity contribution >= 4 is 17.5 Å². The number of halogens is 1. The Kier molecular flexibility index (Phi) is 6.28. The van der Waals surface area contributed by atoms with Crippen LogP contribution in [0.25, 0.3) is 0 Å². The molecule has 1 aromatic carbocycles. The van der Waals surface area contributed by atoms with Crippen molar-refractivity contribution in [2.75, 3.05) is 6.54 Å². The van der Waals surface area contributed by atoms with Crippen molar-refractivity contribution in [1.29, 1.82) is 5.26 Å². The summed E-state index contributed by atoms with van der Waals surface area (Å²) in [6, 6.07) is 12.9. The molecule has 0 bridgehead atoms. The van der Waals surface area contributed by atoms with Crippen LogP contribution in [0.1, 0.15) is 11.3 Å². The predicted molar refractivity (Wildman–Crippen MR) is 87.4 cm³/mol. The van der Waals surface area contributed by atoms with Crippen molar-refractivity contribution in [3.05, 3.63) is 70.8 Å². The molecule has 2 N–H and O–H groups in total. The van der Waals surface area contributed by atoms with E-state index in [4.69, 9.17) is 21.3 Å². The Morgan fingerprint density at radius 1 is 1.30 bits per heavy atom. The maximum atomic E-state index is 11.9. The second kappa shape index (κ2) is 8.66. The van der Waals surface area contributed by atoms with Crippen LogP contribution in [0, 0.1) is 11.3 Å². The summed E-state index contributed by atoms with van der Waals surface area (Å²) in [5.74, 6) is 0.189. The highest BCUT2D eigenvalue weighted by atomic mass is 35.5. The van der Waals surface area contributed by atoms with E-state index in [1.165, 1.54) is 12.5 Å². The highest BCUT2D eigenvalue weighted by molar-refractivity contribution is 6.30. The minimum Gasteiger partial charge on any atom is -0.467 e. The van der Waals surface area contributed by atoms with Crippen molar-refractivity contribution < 1.29 is 9.21 Å². The van der Waals surface area contributed by atoms with E-state index in [0.717, 1.165) is 12.0 Å². The zero-order valence-electron chi connectivity index (χ0n) is 12.4. The number of carbonyl (C=O) groups is 1. The van der Waals surface area contributed by atoms with E-state index in [1.807, 2.05) is 30.3 Å². The number of nitrogens with one attached hydrogen (secondary N) is 2. The molecule has 0 fully saturated rings. The molecule has 0 saturated heterocycles. The van der Waals surface area contributed by atoms with Crippen LogP contribution in [0.4, 0.5) is 0 Å². The molecule has 23 heavy (non-hydrogen) atoms. The first-order valence-corrected chi connectivity index (χ1v) is 7.45. The number of rotatable bonds is 7. The van der Waals surface area contributed by atoms with Crippen LogP contribution in [-0.2, 0) is 17.8 Å². The first-order chi connectivity index (χ1) is 11.2. The highest BCUT2D eigenvalue weighted by Gasteiger charge is 2.08. The summed E-state index contributed by atoms with van der Waals surface area (Å²) in [7, 11) is 0. The van der Waals surface area contributed by atoms with Gasteiger partial charge in [0.25, 0.3) is 5.91 Å². The van der Waals surface area contributed by atoms with Gasteiger partial charge in [-0.05, 0) is 36.2 Å². The number of nitriles is 1. The van der Waals surface area contributed by atoms with Crippen molar-refractivity contribution in [2.24, 2.45) is 0 Å². The number of amides is 1. The zero-order valence-corrected chi connectivity index (χ0v) is 13.1. The van der Waals surface area contributed by atoms with Gasteiger partial charge in [0.15, 0.2) is 0 Å². The quantitative estimate of drug-likeness (QED) is 0.465. The molecular weight excluding hydrogens is 314 g/mol. The molecule has 1 heterocycles. The molecule has 0 unspecified atom stereocenters. The summed E-state index contributed by atoms with van der Waals surface area (Å²) in [6.45, 7) is 0.855. The third-order valence-corrected chi connectivity index (χ3v) is 3.34. The van der Waals surface area contributed by atoms with Crippen molar-refractivity contribution in [3.8, 4) is 6.07 Å². The number of furan rings is 1. The van der Waals surface area contributed by atoms with E-state index in [0.29, 0.717) is 17.3 Å². The minimum absolute atomic E-state index is 0.0210. The average molecular weight is 330 g/mol. The number of hydrogen-bond donors (Lipinski definition) is 2. The first-order valence-electron chi connectivity index (χ1n) is 7.07. The zero-order chi connectivity index (χ0) is 16.5. The molecule has 2 aromatic rings. The molecule has 0 aliphatic heterocycles. The summed E-state index contributed by atoms with van der Waals surface area (Å²) in [5, 5.41) is 15.3. The predicted octanol–water partition coefficient (Wildman–Crippen LogP) is 2.79. The fourth-order valence-electron chi connectivity index (χ4n) is 1.87. The molecule has 6 heteroatoms. The second-order valence-electron chi connectivity index (χ2n) is 4.76. The van der Waals surface area contributed by atoms with Crippen molar-refractivity contribution in [3.63, 3.8) is 0 Å². The molecular formula is C17H16ClN3O2. The largest absolute Gasteiger partial charge is 0.467 e. The van der Waals surface area contributed by atoms with Gasteiger partial charge in [0, 0.05) is 17.8 Å². The number of nitrogens with zero attached hydrogens (tertiary/aromatic N) is 1. The lowest BCUT2D eigenvalue weighted by Gasteiger charge is -2.04. The minimum atomic E-state index is -0.442. The molecule has 0 aliphatic carbocycles. The molecule has 0 spiro atoms. The highest BCUT2D eigenvalue weighted by Crippen LogP contribution is 2.09. The van der Waals surface area contributed by atoms with Crippen LogP contribution in [0.3, 0.4) is 0 Å². The van der Waals surface area contributed by atoms with E-state index in [-0.39, 0.29) is 12.1 Å². The van der Waals surface area contributed by atoms with Crippen molar-refractivity contribution in [2.45, 2.75) is 13.0 Å². The number of carbonyl (C=O) groups excluding carboxylic acids is 1. The monoisotopic (exact) mass is 329 g/mol. The Labute approximate surface area is 139 Å². The Balaban J connectivity index is 1.78. The standard InChI is InChI=1S/C17H16ClN3O2/c18-15-5-3-13(4-6-15)7-8-20-11-14(10-19)17(22)21-12-16-2-1-9-23-16/h1-6,9,11,20H,7-8,12H2,(H,21,22)/b14-11-. The van der Waals surface area contributed by atoms with Crippen LogP contribution in [0.5, 0.6) is 0 Å². The molecule has 0 saturated carbocycles. The lowest BCUT2D eigenvalue weighted by molar-refractivity contribution is -0.117. The van der Waals surface area contributed by atoms with E-state index >= 15 is 0 Å². The topological polar surface area (TPSA) is 78.1 Å². The normalized spacial score (nSPS) is 10.9. The lowest BCUT2D eigenvalue weighted by atomic mass is 10.1. The van der Waals surface area contributed by atoms with Gasteiger partial charge in [-0.2, -0.15) is 5.26 Å². The van der Waals surface area contributed by atoms with Gasteiger partial charge in [-0.1, -0.05) is 23.7 Å². The number of hydrogen-bond acceptors (Lipinski definition) is 4.